The zero-order chi connectivity index (χ0) is 14.5. The molecule has 0 aromatic heterocycles. The van der Waals surface area contributed by atoms with Crippen LogP contribution in [0.4, 0.5) is 4.39 Å². The minimum Gasteiger partial charge on any atom is -0.497 e. The van der Waals surface area contributed by atoms with Crippen molar-refractivity contribution in [1.82, 2.24) is 0 Å². The smallest absolute Gasteiger partial charge is 0.129 e. The fourth-order valence-corrected chi connectivity index (χ4v) is 1.82. The first-order valence-electron chi connectivity index (χ1n) is 6.38. The highest BCUT2D eigenvalue weighted by Crippen LogP contribution is 2.20. The molecule has 2 aromatic rings. The van der Waals surface area contributed by atoms with Crippen molar-refractivity contribution in [3.63, 3.8) is 0 Å². The van der Waals surface area contributed by atoms with Gasteiger partial charge >= 0.3 is 0 Å². The van der Waals surface area contributed by atoms with Crippen molar-refractivity contribution in [1.29, 1.82) is 0 Å². The van der Waals surface area contributed by atoms with Gasteiger partial charge in [-0.2, -0.15) is 0 Å². The number of benzene rings is 2. The summed E-state index contributed by atoms with van der Waals surface area (Å²) in [6, 6.07) is 12.0. The summed E-state index contributed by atoms with van der Waals surface area (Å²) in [5.41, 5.74) is 7.57. The van der Waals surface area contributed by atoms with Crippen molar-refractivity contribution >= 4 is 0 Å². The Morgan fingerprint density at radius 3 is 2.65 bits per heavy atom. The zero-order valence-electron chi connectivity index (χ0n) is 11.6. The molecule has 0 aliphatic rings. The van der Waals surface area contributed by atoms with E-state index >= 15 is 0 Å². The van der Waals surface area contributed by atoms with Gasteiger partial charge in [0.15, 0.2) is 0 Å². The van der Waals surface area contributed by atoms with Crippen LogP contribution >= 0.6 is 0 Å². The molecule has 0 radical (unpaired) electrons. The molecule has 0 amide bonds. The van der Waals surface area contributed by atoms with E-state index in [-0.39, 0.29) is 18.5 Å². The molecule has 0 fully saturated rings. The normalized spacial score (nSPS) is 12.0. The summed E-state index contributed by atoms with van der Waals surface area (Å²) in [7, 11) is 1.61. The van der Waals surface area contributed by atoms with E-state index in [0.29, 0.717) is 11.3 Å². The number of aryl methyl sites for hydroxylation is 1. The van der Waals surface area contributed by atoms with E-state index in [1.807, 2.05) is 24.3 Å². The second kappa shape index (κ2) is 6.39. The lowest BCUT2D eigenvalue weighted by atomic mass is 10.1. The Balaban J connectivity index is 2.00. The summed E-state index contributed by atoms with van der Waals surface area (Å²) >= 11 is 0. The molecule has 0 saturated heterocycles. The number of nitrogens with two attached hydrogens (primary N) is 1. The van der Waals surface area contributed by atoms with Gasteiger partial charge in [0, 0.05) is 6.07 Å². The lowest BCUT2D eigenvalue weighted by Crippen LogP contribution is -2.19. The highest BCUT2D eigenvalue weighted by molar-refractivity contribution is 5.31. The summed E-state index contributed by atoms with van der Waals surface area (Å²) in [6.45, 7) is 1.98. The summed E-state index contributed by atoms with van der Waals surface area (Å²) in [5.74, 6) is 0.947. The summed E-state index contributed by atoms with van der Waals surface area (Å²) in [6.07, 6.45) is 0. The molecule has 106 valence electrons. The first-order valence-corrected chi connectivity index (χ1v) is 6.38. The largest absolute Gasteiger partial charge is 0.497 e. The molecule has 2 aromatic carbocycles. The van der Waals surface area contributed by atoms with Gasteiger partial charge in [0.05, 0.1) is 13.2 Å². The molecule has 0 heterocycles. The van der Waals surface area contributed by atoms with Gasteiger partial charge in [-0.05, 0) is 36.2 Å². The van der Waals surface area contributed by atoms with Crippen LogP contribution < -0.4 is 15.2 Å². The number of halogens is 1. The topological polar surface area (TPSA) is 44.5 Å². The van der Waals surface area contributed by atoms with Crippen molar-refractivity contribution in [3.05, 3.63) is 59.4 Å². The first kappa shape index (κ1) is 14.3. The van der Waals surface area contributed by atoms with Gasteiger partial charge in [0.2, 0.25) is 0 Å². The quantitative estimate of drug-likeness (QED) is 0.911. The molecule has 4 heteroatoms. The highest BCUT2D eigenvalue weighted by atomic mass is 19.1. The highest BCUT2D eigenvalue weighted by Gasteiger charge is 2.09. The van der Waals surface area contributed by atoms with E-state index in [1.165, 1.54) is 6.07 Å². The van der Waals surface area contributed by atoms with Crippen LogP contribution in [0.3, 0.4) is 0 Å². The summed E-state index contributed by atoms with van der Waals surface area (Å²) < 4.78 is 24.1. The number of hydrogen-bond donors (Lipinski definition) is 1. The van der Waals surface area contributed by atoms with Crippen molar-refractivity contribution in [2.45, 2.75) is 13.0 Å². The van der Waals surface area contributed by atoms with Crippen LogP contribution in [-0.2, 0) is 0 Å². The van der Waals surface area contributed by atoms with Gasteiger partial charge < -0.3 is 15.2 Å². The minimum atomic E-state index is -0.297. The number of rotatable bonds is 5. The minimum absolute atomic E-state index is 0.273. The maximum absolute atomic E-state index is 13.4. The monoisotopic (exact) mass is 275 g/mol. The Kier molecular flexibility index (Phi) is 4.58. The van der Waals surface area contributed by atoms with Crippen LogP contribution in [0.5, 0.6) is 11.5 Å². The van der Waals surface area contributed by atoms with Gasteiger partial charge in [-0.3, -0.25) is 0 Å². The lowest BCUT2D eigenvalue weighted by molar-refractivity contribution is 0.289. The van der Waals surface area contributed by atoms with E-state index in [1.54, 1.807) is 26.2 Å². The van der Waals surface area contributed by atoms with E-state index in [2.05, 4.69) is 0 Å². The van der Waals surface area contributed by atoms with E-state index in [9.17, 15) is 4.39 Å². The van der Waals surface area contributed by atoms with Crippen molar-refractivity contribution in [2.75, 3.05) is 13.7 Å². The standard InChI is InChI=1S/C16H18FNO2/c1-11-6-7-14(9-15(11)17)20-10-16(18)12-4-3-5-13(8-12)19-2/h3-9,16H,10,18H2,1-2H3. The van der Waals surface area contributed by atoms with Gasteiger partial charge in [0.1, 0.15) is 23.9 Å². The molecule has 3 nitrogen and oxygen atoms in total. The molecule has 0 aliphatic heterocycles. The Hall–Kier alpha value is -2.07. The van der Waals surface area contributed by atoms with Gasteiger partial charge in [-0.1, -0.05) is 18.2 Å². The van der Waals surface area contributed by atoms with Crippen LogP contribution in [-0.4, -0.2) is 13.7 Å². The van der Waals surface area contributed by atoms with Crippen molar-refractivity contribution in [2.24, 2.45) is 5.73 Å². The predicted octanol–water partition coefficient (Wildman–Crippen LogP) is 3.22. The molecule has 0 aliphatic carbocycles. The molecule has 0 saturated carbocycles. The SMILES string of the molecule is COc1cccc(C(N)COc2ccc(C)c(F)c2)c1. The maximum atomic E-state index is 13.4. The zero-order valence-corrected chi connectivity index (χ0v) is 11.6. The van der Waals surface area contributed by atoms with Crippen molar-refractivity contribution in [3.8, 4) is 11.5 Å². The van der Waals surface area contributed by atoms with Crippen LogP contribution in [0.1, 0.15) is 17.2 Å². The van der Waals surface area contributed by atoms with Crippen molar-refractivity contribution < 1.29 is 13.9 Å². The molecule has 0 bridgehead atoms. The second-order valence-electron chi connectivity index (χ2n) is 4.61. The van der Waals surface area contributed by atoms with Gasteiger partial charge in [-0.25, -0.2) is 4.39 Å². The average Bonchev–Trinajstić information content (AvgIpc) is 2.48. The maximum Gasteiger partial charge on any atom is 0.129 e. The third-order valence-electron chi connectivity index (χ3n) is 3.09. The molecule has 1 atom stereocenters. The Bertz CT molecular complexity index is 586. The summed E-state index contributed by atoms with van der Waals surface area (Å²) in [5, 5.41) is 0. The molecule has 20 heavy (non-hydrogen) atoms. The number of hydrogen-bond acceptors (Lipinski definition) is 3. The average molecular weight is 275 g/mol. The second-order valence-corrected chi connectivity index (χ2v) is 4.61. The predicted molar refractivity (Wildman–Crippen MR) is 76.6 cm³/mol. The van der Waals surface area contributed by atoms with E-state index in [0.717, 1.165) is 11.3 Å². The molecule has 2 rings (SSSR count). The van der Waals surface area contributed by atoms with Gasteiger partial charge in [0.25, 0.3) is 0 Å². The fraction of sp³-hybridized carbons (Fsp3) is 0.250. The Morgan fingerprint density at radius 1 is 1.15 bits per heavy atom. The molecular formula is C16H18FNO2. The molecular weight excluding hydrogens is 257 g/mol. The van der Waals surface area contributed by atoms with Crippen LogP contribution in [0.2, 0.25) is 0 Å². The molecule has 0 spiro atoms. The number of methoxy groups -OCH3 is 1. The molecule has 2 N–H and O–H groups in total. The Morgan fingerprint density at radius 2 is 1.95 bits per heavy atom. The summed E-state index contributed by atoms with van der Waals surface area (Å²) in [4.78, 5) is 0. The van der Waals surface area contributed by atoms with E-state index in [4.69, 9.17) is 15.2 Å². The lowest BCUT2D eigenvalue weighted by Gasteiger charge is -2.14. The fourth-order valence-electron chi connectivity index (χ4n) is 1.82. The third-order valence-corrected chi connectivity index (χ3v) is 3.09. The molecule has 1 unspecified atom stereocenters. The third kappa shape index (κ3) is 3.48. The van der Waals surface area contributed by atoms with Crippen LogP contribution in [0.25, 0.3) is 0 Å². The van der Waals surface area contributed by atoms with Crippen LogP contribution in [0, 0.1) is 12.7 Å². The number of ether oxygens (including phenoxy) is 2. The van der Waals surface area contributed by atoms with Crippen LogP contribution in [0.15, 0.2) is 42.5 Å². The Labute approximate surface area is 118 Å². The first-order chi connectivity index (χ1) is 9.60. The van der Waals surface area contributed by atoms with Gasteiger partial charge in [-0.15, -0.1) is 0 Å². The van der Waals surface area contributed by atoms with E-state index < -0.39 is 0 Å².